The van der Waals surface area contributed by atoms with Gasteiger partial charge in [-0.2, -0.15) is 6.07 Å². The van der Waals surface area contributed by atoms with Gasteiger partial charge in [0.25, 0.3) is 0 Å². The van der Waals surface area contributed by atoms with Crippen molar-refractivity contribution in [2.45, 2.75) is 78.6 Å². The van der Waals surface area contributed by atoms with Crippen LogP contribution in [0.5, 0.6) is 11.5 Å². The van der Waals surface area contributed by atoms with Gasteiger partial charge in [0, 0.05) is 78.0 Å². The molecule has 0 amide bonds. The van der Waals surface area contributed by atoms with Crippen LogP contribution in [0, 0.1) is 18.8 Å². The van der Waals surface area contributed by atoms with E-state index in [0.29, 0.717) is 11.5 Å². The topological polar surface area (TPSA) is 33.5 Å². The van der Waals surface area contributed by atoms with Crippen molar-refractivity contribution in [2.24, 2.45) is 0 Å². The molecule has 0 fully saturated rings. The van der Waals surface area contributed by atoms with E-state index < -0.39 is 0 Å². The van der Waals surface area contributed by atoms with Crippen LogP contribution in [0.25, 0.3) is 83.3 Å². The Morgan fingerprint density at radius 1 is 0.405 bits per heavy atom. The van der Waals surface area contributed by atoms with E-state index in [1.165, 1.54) is 22.3 Å². The number of rotatable bonds is 10. The normalized spacial score (nSPS) is 12.6. The first-order valence-electron chi connectivity index (χ1n) is 28.8. The van der Waals surface area contributed by atoms with Crippen molar-refractivity contribution in [1.29, 1.82) is 0 Å². The Labute approximate surface area is 510 Å². The van der Waals surface area contributed by atoms with E-state index in [2.05, 4.69) is 320 Å². The molecule has 0 atom stereocenters. The van der Waals surface area contributed by atoms with Crippen LogP contribution in [0.15, 0.2) is 237 Å². The number of benzene rings is 10. The van der Waals surface area contributed by atoms with E-state index in [1.54, 1.807) is 0 Å². The SMILES string of the molecule is CC(C)(C)c1ccc(-c2cccc(-c3cccc(-c4ccccc4)c3)c2N2[CH-]N(c3[c-]c(Oc4[c-]c5c(cc4)c4cc(-c6ccccc6)ccc4n5-c4cc(C(C)(C)C)c(-c5ccccc5)cn4)cc(C(C)(C)C)c3)c3ccccc32)cc1.[Pt]. The molecule has 12 aromatic rings. The number of anilines is 4. The summed E-state index contributed by atoms with van der Waals surface area (Å²) in [6, 6.07) is 90.5. The zero-order valence-electron chi connectivity index (χ0n) is 49.1. The van der Waals surface area contributed by atoms with Gasteiger partial charge in [-0.3, -0.25) is 0 Å². The van der Waals surface area contributed by atoms with Crippen molar-refractivity contribution in [1.82, 2.24) is 9.55 Å². The van der Waals surface area contributed by atoms with Gasteiger partial charge in [0.15, 0.2) is 0 Å². The van der Waals surface area contributed by atoms with Crippen molar-refractivity contribution >= 4 is 44.6 Å². The number of aromatic nitrogens is 2. The minimum Gasteiger partial charge on any atom is -0.509 e. The fraction of sp³-hybridized carbons (Fsp3) is 0.154. The van der Waals surface area contributed by atoms with Crippen molar-refractivity contribution in [3.63, 3.8) is 0 Å². The molecule has 3 heterocycles. The van der Waals surface area contributed by atoms with E-state index in [0.717, 1.165) is 100 Å². The van der Waals surface area contributed by atoms with Crippen LogP contribution in [0.1, 0.15) is 79.0 Å². The number of para-hydroxylation sites is 3. The smallest absolute Gasteiger partial charge is 0.135 e. The largest absolute Gasteiger partial charge is 0.509 e. The average Bonchev–Trinajstić information content (AvgIpc) is 1.82. The van der Waals surface area contributed by atoms with Gasteiger partial charge in [-0.25, -0.2) is 4.98 Å². The van der Waals surface area contributed by atoms with E-state index in [1.807, 2.05) is 12.3 Å². The minimum absolute atomic E-state index is 0. The van der Waals surface area contributed by atoms with Crippen LogP contribution < -0.4 is 14.5 Å². The first-order valence-corrected chi connectivity index (χ1v) is 28.8. The Bertz CT molecular complexity index is 4370. The number of fused-ring (bicyclic) bond motifs is 4. The molecule has 0 N–H and O–H groups in total. The molecule has 0 radical (unpaired) electrons. The van der Waals surface area contributed by atoms with Gasteiger partial charge in [-0.05, 0) is 102 Å². The molecule has 1 aliphatic rings. The molecule has 2 aromatic heterocycles. The molecule has 13 rings (SSSR count). The summed E-state index contributed by atoms with van der Waals surface area (Å²) in [7, 11) is 0. The van der Waals surface area contributed by atoms with Crippen LogP contribution in [0.3, 0.4) is 0 Å². The predicted molar refractivity (Wildman–Crippen MR) is 348 cm³/mol. The van der Waals surface area contributed by atoms with Crippen LogP contribution in [0.4, 0.5) is 22.7 Å². The molecule has 5 nitrogen and oxygen atoms in total. The first kappa shape index (κ1) is 55.8. The summed E-state index contributed by atoms with van der Waals surface area (Å²) in [5.74, 6) is 2.00. The van der Waals surface area contributed by atoms with Crippen molar-refractivity contribution < 1.29 is 25.8 Å². The van der Waals surface area contributed by atoms with Crippen LogP contribution in [0.2, 0.25) is 0 Å². The summed E-state index contributed by atoms with van der Waals surface area (Å²) in [6.07, 6.45) is 2.04. The fourth-order valence-corrected chi connectivity index (χ4v) is 11.7. The summed E-state index contributed by atoms with van der Waals surface area (Å²) in [4.78, 5) is 9.91. The summed E-state index contributed by atoms with van der Waals surface area (Å²) >= 11 is 0. The quantitative estimate of drug-likeness (QED) is 0.128. The van der Waals surface area contributed by atoms with E-state index in [-0.39, 0.29) is 37.3 Å². The Morgan fingerprint density at radius 3 is 1.60 bits per heavy atom. The monoisotopic (exact) mass is 1270 g/mol. The molecule has 6 heteroatoms. The second kappa shape index (κ2) is 22.1. The second-order valence-corrected chi connectivity index (χ2v) is 25.0. The Balaban J connectivity index is 0.00000694. The summed E-state index contributed by atoms with van der Waals surface area (Å²) in [6.45, 7) is 22.6. The molecule has 0 bridgehead atoms. The molecule has 0 spiro atoms. The summed E-state index contributed by atoms with van der Waals surface area (Å²) in [5, 5.41) is 2.17. The van der Waals surface area contributed by atoms with Gasteiger partial charge >= 0.3 is 0 Å². The van der Waals surface area contributed by atoms with Crippen molar-refractivity contribution in [3.8, 4) is 73.0 Å². The third-order valence-electron chi connectivity index (χ3n) is 16.2. The number of nitrogens with zero attached hydrogens (tertiary/aromatic N) is 4. The van der Waals surface area contributed by atoms with E-state index >= 15 is 0 Å². The zero-order valence-corrected chi connectivity index (χ0v) is 51.4. The molecule has 418 valence electrons. The van der Waals surface area contributed by atoms with Crippen molar-refractivity contribution in [3.05, 3.63) is 272 Å². The number of ether oxygens (including phenoxy) is 1. The number of pyridine rings is 1. The van der Waals surface area contributed by atoms with Gasteiger partial charge in [0.05, 0.1) is 0 Å². The maximum absolute atomic E-state index is 7.09. The van der Waals surface area contributed by atoms with Crippen LogP contribution >= 0.6 is 0 Å². The molecular formula is C78H67N4OPt-3. The Kier molecular flexibility index (Phi) is 14.7. The molecular weight excluding hydrogens is 1200 g/mol. The summed E-state index contributed by atoms with van der Waals surface area (Å²) < 4.78 is 9.35. The van der Waals surface area contributed by atoms with Crippen LogP contribution in [-0.4, -0.2) is 9.55 Å². The maximum Gasteiger partial charge on any atom is 0.135 e. The Hall–Kier alpha value is -8.76. The fourth-order valence-electron chi connectivity index (χ4n) is 11.7. The molecule has 10 aromatic carbocycles. The molecule has 0 saturated carbocycles. The van der Waals surface area contributed by atoms with Crippen LogP contribution in [-0.2, 0) is 37.3 Å². The third kappa shape index (κ3) is 10.7. The number of hydrogen-bond acceptors (Lipinski definition) is 4. The Morgan fingerprint density at radius 2 is 0.952 bits per heavy atom. The minimum atomic E-state index is -0.234. The van der Waals surface area contributed by atoms with Gasteiger partial charge in [-0.15, -0.1) is 53.6 Å². The molecule has 0 saturated heterocycles. The molecule has 84 heavy (non-hydrogen) atoms. The summed E-state index contributed by atoms with van der Waals surface area (Å²) in [5.41, 5.74) is 20.7. The number of hydrogen-bond donors (Lipinski definition) is 0. The first-order chi connectivity index (χ1) is 40.0. The van der Waals surface area contributed by atoms with Gasteiger partial charge < -0.3 is 19.1 Å². The standard InChI is InChI=1S/C78H67N4O.Pt/c1-76(2,3)59-38-35-55(36-39-59)64-31-22-32-65(58-30-21-29-56(43-58)52-23-13-10-14-24-52)75(64)81-51-80(71-33-19-20-34-72(71)81)61-45-60(77(4,5)6)46-63(47-61)83-62-40-41-66-67-44-57(53-25-15-11-16-26-53)37-42-70(67)82(73(66)48-62)74-49-69(78(7,8)9)68(50-79-74)54-27-17-12-18-28-54;/h10-46,49-51H,1-9H3;/q-3;. The zero-order chi connectivity index (χ0) is 57.2. The average molecular weight is 1270 g/mol. The molecule has 1 aliphatic heterocycles. The van der Waals surface area contributed by atoms with Gasteiger partial charge in [0.2, 0.25) is 0 Å². The van der Waals surface area contributed by atoms with Crippen molar-refractivity contribution in [2.75, 3.05) is 9.80 Å². The third-order valence-corrected chi connectivity index (χ3v) is 16.2. The molecule has 0 aliphatic carbocycles. The molecule has 0 unspecified atom stereocenters. The van der Waals surface area contributed by atoms with Gasteiger partial charge in [-0.1, -0.05) is 244 Å². The van der Waals surface area contributed by atoms with E-state index in [9.17, 15) is 0 Å². The predicted octanol–water partition coefficient (Wildman–Crippen LogP) is 21.2. The maximum atomic E-state index is 7.09. The van der Waals surface area contributed by atoms with E-state index in [4.69, 9.17) is 9.72 Å². The second-order valence-electron chi connectivity index (χ2n) is 25.0. The van der Waals surface area contributed by atoms with Gasteiger partial charge in [0.1, 0.15) is 5.82 Å².